The van der Waals surface area contributed by atoms with Gasteiger partial charge in [0.1, 0.15) is 0 Å². The van der Waals surface area contributed by atoms with Crippen LogP contribution in [0.3, 0.4) is 0 Å². The van der Waals surface area contributed by atoms with Crippen LogP contribution in [0, 0.1) is 0 Å². The van der Waals surface area contributed by atoms with Crippen molar-refractivity contribution < 1.29 is 13.2 Å². The monoisotopic (exact) mass is 309 g/mol. The molecular weight excluding hydrogens is 286 g/mol. The SMILES string of the molecule is CSCC[C@H](N)C(=O)N1CCCC(NS(C)(=O)=O)C1. The molecule has 1 heterocycles. The second-order valence-corrected chi connectivity index (χ2v) is 7.67. The summed E-state index contributed by atoms with van der Waals surface area (Å²) in [6.07, 6.45) is 5.33. The predicted molar refractivity (Wildman–Crippen MR) is 78.6 cm³/mol. The first-order valence-electron chi connectivity index (χ1n) is 6.34. The lowest BCUT2D eigenvalue weighted by molar-refractivity contribution is -0.133. The number of nitrogens with zero attached hydrogens (tertiary/aromatic N) is 1. The lowest BCUT2D eigenvalue weighted by Gasteiger charge is -2.34. The van der Waals surface area contributed by atoms with E-state index in [1.165, 1.54) is 0 Å². The number of amides is 1. The van der Waals surface area contributed by atoms with E-state index in [1.807, 2.05) is 6.26 Å². The number of sulfonamides is 1. The van der Waals surface area contributed by atoms with E-state index in [2.05, 4.69) is 4.72 Å². The number of nitrogens with two attached hydrogens (primary N) is 1. The molecule has 1 rings (SSSR count). The maximum absolute atomic E-state index is 12.1. The minimum absolute atomic E-state index is 0.0750. The number of hydrogen-bond donors (Lipinski definition) is 2. The fraction of sp³-hybridized carbons (Fsp3) is 0.909. The number of likely N-dealkylation sites (tertiary alicyclic amines) is 1. The number of piperidine rings is 1. The molecule has 0 aromatic heterocycles. The highest BCUT2D eigenvalue weighted by Crippen LogP contribution is 2.13. The third kappa shape index (κ3) is 6.11. The molecular formula is C11H23N3O3S2. The molecule has 0 aliphatic carbocycles. The quantitative estimate of drug-likeness (QED) is 0.697. The Bertz CT molecular complexity index is 400. The summed E-state index contributed by atoms with van der Waals surface area (Å²) in [5.74, 6) is 0.778. The topological polar surface area (TPSA) is 92.5 Å². The van der Waals surface area contributed by atoms with Crippen molar-refractivity contribution in [2.75, 3.05) is 31.4 Å². The van der Waals surface area contributed by atoms with Crippen LogP contribution in [0.1, 0.15) is 19.3 Å². The maximum Gasteiger partial charge on any atom is 0.239 e. The van der Waals surface area contributed by atoms with Gasteiger partial charge >= 0.3 is 0 Å². The van der Waals surface area contributed by atoms with Gasteiger partial charge in [-0.05, 0) is 31.3 Å². The third-order valence-electron chi connectivity index (χ3n) is 3.06. The largest absolute Gasteiger partial charge is 0.340 e. The van der Waals surface area contributed by atoms with Crippen LogP contribution in [0.2, 0.25) is 0 Å². The molecule has 2 atom stereocenters. The second-order valence-electron chi connectivity index (χ2n) is 4.90. The molecule has 1 amide bonds. The molecule has 1 aliphatic rings. The van der Waals surface area contributed by atoms with Gasteiger partial charge in [-0.3, -0.25) is 4.79 Å². The van der Waals surface area contributed by atoms with E-state index < -0.39 is 16.1 Å². The number of rotatable bonds is 6. The fourth-order valence-electron chi connectivity index (χ4n) is 2.18. The van der Waals surface area contributed by atoms with Crippen LogP contribution in [0.4, 0.5) is 0 Å². The Morgan fingerprint density at radius 1 is 1.58 bits per heavy atom. The van der Waals surface area contributed by atoms with Crippen molar-refractivity contribution >= 4 is 27.7 Å². The van der Waals surface area contributed by atoms with Gasteiger partial charge < -0.3 is 10.6 Å². The number of carbonyl (C=O) groups is 1. The van der Waals surface area contributed by atoms with E-state index in [0.717, 1.165) is 24.9 Å². The van der Waals surface area contributed by atoms with Gasteiger partial charge in [-0.2, -0.15) is 11.8 Å². The van der Waals surface area contributed by atoms with E-state index >= 15 is 0 Å². The Morgan fingerprint density at radius 3 is 2.84 bits per heavy atom. The van der Waals surface area contributed by atoms with Crippen LogP contribution in [-0.2, 0) is 14.8 Å². The first kappa shape index (κ1) is 16.7. The number of nitrogens with one attached hydrogen (secondary N) is 1. The van der Waals surface area contributed by atoms with Crippen LogP contribution in [0.5, 0.6) is 0 Å². The van der Waals surface area contributed by atoms with Crippen molar-refractivity contribution in [2.45, 2.75) is 31.3 Å². The van der Waals surface area contributed by atoms with Gasteiger partial charge in [-0.15, -0.1) is 0 Å². The lowest BCUT2D eigenvalue weighted by Crippen LogP contribution is -2.53. The highest BCUT2D eigenvalue weighted by atomic mass is 32.2. The zero-order valence-corrected chi connectivity index (χ0v) is 13.1. The molecule has 1 saturated heterocycles. The van der Waals surface area contributed by atoms with Crippen LogP contribution < -0.4 is 10.5 Å². The number of hydrogen-bond acceptors (Lipinski definition) is 5. The molecule has 1 fully saturated rings. The standard InChI is InChI=1S/C11H23N3O3S2/c1-18-7-5-10(12)11(15)14-6-3-4-9(8-14)13-19(2,16)17/h9-10,13H,3-8,12H2,1-2H3/t9?,10-/m0/s1. The summed E-state index contributed by atoms with van der Waals surface area (Å²) in [5.41, 5.74) is 5.86. The Balaban J connectivity index is 2.52. The molecule has 1 aliphatic heterocycles. The van der Waals surface area contributed by atoms with Gasteiger partial charge in [-0.25, -0.2) is 13.1 Å². The maximum atomic E-state index is 12.1. The van der Waals surface area contributed by atoms with E-state index in [9.17, 15) is 13.2 Å². The zero-order valence-electron chi connectivity index (χ0n) is 11.5. The molecule has 8 heteroatoms. The van der Waals surface area contributed by atoms with Crippen molar-refractivity contribution in [1.82, 2.24) is 9.62 Å². The predicted octanol–water partition coefficient (Wildman–Crippen LogP) is -0.393. The van der Waals surface area contributed by atoms with Crippen molar-refractivity contribution in [3.63, 3.8) is 0 Å². The van der Waals surface area contributed by atoms with E-state index in [0.29, 0.717) is 19.5 Å². The molecule has 0 spiro atoms. The van der Waals surface area contributed by atoms with Crippen molar-refractivity contribution in [2.24, 2.45) is 5.73 Å². The minimum Gasteiger partial charge on any atom is -0.340 e. The first-order chi connectivity index (χ1) is 8.83. The molecule has 3 N–H and O–H groups in total. The molecule has 0 radical (unpaired) electrons. The van der Waals surface area contributed by atoms with Crippen LogP contribution >= 0.6 is 11.8 Å². The van der Waals surface area contributed by atoms with Gasteiger partial charge in [0.25, 0.3) is 0 Å². The highest BCUT2D eigenvalue weighted by molar-refractivity contribution is 7.98. The normalized spacial score (nSPS) is 22.3. The van der Waals surface area contributed by atoms with Crippen LogP contribution in [0.15, 0.2) is 0 Å². The molecule has 0 bridgehead atoms. The Morgan fingerprint density at radius 2 is 2.26 bits per heavy atom. The van der Waals surface area contributed by atoms with Gasteiger partial charge in [0.15, 0.2) is 0 Å². The third-order valence-corrected chi connectivity index (χ3v) is 4.47. The fourth-order valence-corrected chi connectivity index (χ4v) is 3.47. The summed E-state index contributed by atoms with van der Waals surface area (Å²) in [6, 6.07) is -0.676. The summed E-state index contributed by atoms with van der Waals surface area (Å²) in [6.45, 7) is 1.08. The number of thioether (sulfide) groups is 1. The lowest BCUT2D eigenvalue weighted by atomic mass is 10.1. The average molecular weight is 309 g/mol. The van der Waals surface area contributed by atoms with Crippen LogP contribution in [-0.4, -0.2) is 62.7 Å². The van der Waals surface area contributed by atoms with Crippen molar-refractivity contribution in [3.8, 4) is 0 Å². The molecule has 0 aromatic carbocycles. The average Bonchev–Trinajstić information content (AvgIpc) is 2.33. The first-order valence-corrected chi connectivity index (χ1v) is 9.62. The Labute approximate surface area is 119 Å². The van der Waals surface area contributed by atoms with Gasteiger partial charge in [-0.1, -0.05) is 0 Å². The molecule has 112 valence electrons. The zero-order chi connectivity index (χ0) is 14.5. The van der Waals surface area contributed by atoms with Gasteiger partial charge in [0.2, 0.25) is 15.9 Å². The van der Waals surface area contributed by atoms with Gasteiger partial charge in [0.05, 0.1) is 12.3 Å². The summed E-state index contributed by atoms with van der Waals surface area (Å²) in [7, 11) is -3.23. The second kappa shape index (κ2) is 7.47. The number of carbonyl (C=O) groups excluding carboxylic acids is 1. The highest BCUT2D eigenvalue weighted by Gasteiger charge is 2.28. The van der Waals surface area contributed by atoms with Crippen LogP contribution in [0.25, 0.3) is 0 Å². The minimum atomic E-state index is -3.23. The summed E-state index contributed by atoms with van der Waals surface area (Å²) >= 11 is 1.66. The summed E-state index contributed by atoms with van der Waals surface area (Å²) in [5, 5.41) is 0. The molecule has 1 unspecified atom stereocenters. The molecule has 0 saturated carbocycles. The van der Waals surface area contributed by atoms with E-state index in [1.54, 1.807) is 16.7 Å². The smallest absolute Gasteiger partial charge is 0.239 e. The van der Waals surface area contributed by atoms with Crippen molar-refractivity contribution in [3.05, 3.63) is 0 Å². The molecule has 6 nitrogen and oxygen atoms in total. The summed E-state index contributed by atoms with van der Waals surface area (Å²) < 4.78 is 25.0. The summed E-state index contributed by atoms with van der Waals surface area (Å²) in [4.78, 5) is 13.8. The Kier molecular flexibility index (Phi) is 6.58. The van der Waals surface area contributed by atoms with E-state index in [-0.39, 0.29) is 11.9 Å². The Hall–Kier alpha value is -0.310. The molecule has 19 heavy (non-hydrogen) atoms. The molecule has 0 aromatic rings. The van der Waals surface area contributed by atoms with E-state index in [4.69, 9.17) is 5.73 Å². The van der Waals surface area contributed by atoms with Crippen molar-refractivity contribution in [1.29, 1.82) is 0 Å². The van der Waals surface area contributed by atoms with Gasteiger partial charge in [0, 0.05) is 19.1 Å².